The van der Waals surface area contributed by atoms with Gasteiger partial charge in [-0.25, -0.2) is 0 Å². The van der Waals surface area contributed by atoms with Crippen molar-refractivity contribution in [2.75, 3.05) is 0 Å². The van der Waals surface area contributed by atoms with Crippen molar-refractivity contribution >= 4 is 95.3 Å². The third-order valence-electron chi connectivity index (χ3n) is 9.24. The summed E-state index contributed by atoms with van der Waals surface area (Å²) >= 11 is 3.76. The van der Waals surface area contributed by atoms with Gasteiger partial charge in [-0.1, -0.05) is 109 Å². The third kappa shape index (κ3) is 3.44. The van der Waals surface area contributed by atoms with Gasteiger partial charge in [0.1, 0.15) is 0 Å². The van der Waals surface area contributed by atoms with Crippen LogP contribution in [0.15, 0.2) is 146 Å². The van der Waals surface area contributed by atoms with Crippen LogP contribution in [-0.4, -0.2) is 0 Å². The van der Waals surface area contributed by atoms with E-state index < -0.39 is 0 Å². The van der Waals surface area contributed by atoms with Crippen LogP contribution in [0.3, 0.4) is 0 Å². The zero-order valence-electron chi connectivity index (χ0n) is 23.7. The van der Waals surface area contributed by atoms with Crippen molar-refractivity contribution in [1.29, 1.82) is 0 Å². The summed E-state index contributed by atoms with van der Waals surface area (Å²) in [6.07, 6.45) is 0. The van der Waals surface area contributed by atoms with Gasteiger partial charge >= 0.3 is 0 Å². The van der Waals surface area contributed by atoms with Crippen LogP contribution in [0.5, 0.6) is 0 Å². The molecule has 0 saturated carbocycles. The molecule has 0 aliphatic rings. The molecule has 10 rings (SSSR count). The van der Waals surface area contributed by atoms with Crippen molar-refractivity contribution in [2.24, 2.45) is 0 Å². The number of thiophene rings is 2. The highest BCUT2D eigenvalue weighted by molar-refractivity contribution is 7.26. The summed E-state index contributed by atoms with van der Waals surface area (Å²) in [6, 6.07) is 54.3. The molecule has 0 nitrogen and oxygen atoms in total. The fourth-order valence-corrected chi connectivity index (χ4v) is 9.49. The fourth-order valence-electron chi connectivity index (χ4n) is 7.32. The Morgan fingerprint density at radius 1 is 0.295 bits per heavy atom. The van der Waals surface area contributed by atoms with Crippen molar-refractivity contribution in [3.05, 3.63) is 146 Å². The zero-order valence-corrected chi connectivity index (χ0v) is 25.3. The number of benzene rings is 8. The highest BCUT2D eigenvalue weighted by Crippen LogP contribution is 2.48. The molecule has 0 spiro atoms. The average Bonchev–Trinajstić information content (AvgIpc) is 3.64. The van der Waals surface area contributed by atoms with E-state index in [-0.39, 0.29) is 0 Å². The van der Waals surface area contributed by atoms with Gasteiger partial charge in [0.05, 0.1) is 0 Å². The van der Waals surface area contributed by atoms with Gasteiger partial charge in [-0.05, 0) is 91.0 Å². The predicted molar refractivity (Wildman–Crippen MR) is 196 cm³/mol. The highest BCUT2D eigenvalue weighted by Gasteiger charge is 2.20. The first-order valence-electron chi connectivity index (χ1n) is 15.0. The molecule has 2 heteroatoms. The van der Waals surface area contributed by atoms with Crippen molar-refractivity contribution in [3.8, 4) is 22.3 Å². The summed E-state index contributed by atoms with van der Waals surface area (Å²) < 4.78 is 5.35. The first kappa shape index (κ1) is 24.4. The average molecular weight is 593 g/mol. The van der Waals surface area contributed by atoms with E-state index >= 15 is 0 Å². The smallest absolute Gasteiger partial charge is 0.0355 e. The lowest BCUT2D eigenvalue weighted by atomic mass is 9.83. The van der Waals surface area contributed by atoms with E-state index in [2.05, 4.69) is 146 Å². The Hall–Kier alpha value is -5.02. The van der Waals surface area contributed by atoms with E-state index in [1.165, 1.54) is 94.9 Å². The van der Waals surface area contributed by atoms with Crippen molar-refractivity contribution < 1.29 is 0 Å². The summed E-state index contributed by atoms with van der Waals surface area (Å²) in [4.78, 5) is 0. The fraction of sp³-hybridized carbons (Fsp3) is 0. The van der Waals surface area contributed by atoms with Gasteiger partial charge in [0.2, 0.25) is 0 Å². The molecule has 10 aromatic rings. The van der Waals surface area contributed by atoms with Crippen LogP contribution in [0.2, 0.25) is 0 Å². The molecule has 0 bridgehead atoms. The topological polar surface area (TPSA) is 0 Å². The van der Waals surface area contributed by atoms with E-state index in [1.54, 1.807) is 0 Å². The Balaban J connectivity index is 1.37. The zero-order chi connectivity index (χ0) is 28.8. The Labute approximate surface area is 262 Å². The van der Waals surface area contributed by atoms with E-state index in [4.69, 9.17) is 0 Å². The van der Waals surface area contributed by atoms with Crippen molar-refractivity contribution in [3.63, 3.8) is 0 Å². The van der Waals surface area contributed by atoms with Gasteiger partial charge in [-0.2, -0.15) is 0 Å². The summed E-state index contributed by atoms with van der Waals surface area (Å²) in [6.45, 7) is 0. The lowest BCUT2D eigenvalue weighted by molar-refractivity contribution is 1.71. The first-order valence-corrected chi connectivity index (χ1v) is 16.6. The molecule has 2 aromatic heterocycles. The molecule has 204 valence electrons. The molecule has 0 saturated heterocycles. The summed E-state index contributed by atoms with van der Waals surface area (Å²) in [5, 5.41) is 13.1. The molecule has 0 radical (unpaired) electrons. The van der Waals surface area contributed by atoms with Gasteiger partial charge in [0.15, 0.2) is 0 Å². The lowest BCUT2D eigenvalue weighted by Gasteiger charge is -2.19. The number of fused-ring (bicyclic) bond motifs is 10. The van der Waals surface area contributed by atoms with Crippen LogP contribution in [-0.2, 0) is 0 Å². The quantitative estimate of drug-likeness (QED) is 0.138. The van der Waals surface area contributed by atoms with Crippen LogP contribution in [0.25, 0.3) is 94.9 Å². The molecule has 0 aliphatic carbocycles. The van der Waals surface area contributed by atoms with Gasteiger partial charge < -0.3 is 0 Å². The number of rotatable bonds is 2. The molecular formula is C42H24S2. The van der Waals surface area contributed by atoms with Crippen molar-refractivity contribution in [1.82, 2.24) is 0 Å². The van der Waals surface area contributed by atoms with E-state index in [0.717, 1.165) is 0 Å². The Bertz CT molecular complexity index is 2780. The SMILES string of the molecule is c1ccc2c(c1)ccc1c(-c3ccc4sc5ccccc5c4c3)c3ccccc3c(-c3ccc4sc5ccccc5c4c3)c12. The molecule has 44 heavy (non-hydrogen) atoms. The molecule has 0 unspecified atom stereocenters. The van der Waals surface area contributed by atoms with Crippen LogP contribution in [0, 0.1) is 0 Å². The molecule has 0 N–H and O–H groups in total. The standard InChI is InChI=1S/C42H24S2/c1-2-10-28-25(9-1)17-20-33-40(26-18-21-38-34(23-26)29-11-5-7-15-36(29)43-38)31-13-3-4-14-32(31)41(42(28)33)27-19-22-39-35(24-27)30-12-6-8-16-37(30)44-39/h1-24H. The van der Waals surface area contributed by atoms with Crippen LogP contribution in [0.4, 0.5) is 0 Å². The Kier molecular flexibility index (Phi) is 5.13. The largest absolute Gasteiger partial charge is 0.135 e. The minimum Gasteiger partial charge on any atom is -0.135 e. The molecule has 0 atom stereocenters. The number of hydrogen-bond acceptors (Lipinski definition) is 2. The second-order valence-corrected chi connectivity index (χ2v) is 13.8. The van der Waals surface area contributed by atoms with E-state index in [9.17, 15) is 0 Å². The van der Waals surface area contributed by atoms with Crippen LogP contribution in [0.1, 0.15) is 0 Å². The van der Waals surface area contributed by atoms with Crippen molar-refractivity contribution in [2.45, 2.75) is 0 Å². The maximum atomic E-state index is 2.43. The second-order valence-electron chi connectivity index (χ2n) is 11.6. The molecule has 0 fully saturated rings. The maximum absolute atomic E-state index is 2.43. The molecule has 8 aromatic carbocycles. The molecule has 2 heterocycles. The predicted octanol–water partition coefficient (Wildman–Crippen LogP) is 13.2. The molecule has 0 aliphatic heterocycles. The first-order chi connectivity index (χ1) is 21.8. The monoisotopic (exact) mass is 592 g/mol. The van der Waals surface area contributed by atoms with Crippen LogP contribution < -0.4 is 0 Å². The highest BCUT2D eigenvalue weighted by atomic mass is 32.1. The Morgan fingerprint density at radius 3 is 1.41 bits per heavy atom. The minimum atomic E-state index is 1.27. The maximum Gasteiger partial charge on any atom is 0.0355 e. The third-order valence-corrected chi connectivity index (χ3v) is 11.5. The number of hydrogen-bond donors (Lipinski definition) is 0. The minimum absolute atomic E-state index is 1.27. The van der Waals surface area contributed by atoms with Gasteiger partial charge in [0, 0.05) is 40.3 Å². The lowest BCUT2D eigenvalue weighted by Crippen LogP contribution is -1.92. The van der Waals surface area contributed by atoms with E-state index in [1.807, 2.05) is 22.7 Å². The summed E-state index contributed by atoms with van der Waals surface area (Å²) in [7, 11) is 0. The second kappa shape index (κ2) is 9.24. The van der Waals surface area contributed by atoms with E-state index in [0.29, 0.717) is 0 Å². The van der Waals surface area contributed by atoms with Gasteiger partial charge in [0.25, 0.3) is 0 Å². The van der Waals surface area contributed by atoms with Crippen LogP contribution >= 0.6 is 22.7 Å². The molecule has 0 amide bonds. The Morgan fingerprint density at radius 2 is 0.773 bits per heavy atom. The normalized spacial score (nSPS) is 12.1. The summed E-state index contributed by atoms with van der Waals surface area (Å²) in [5.41, 5.74) is 5.16. The molecular weight excluding hydrogens is 569 g/mol. The summed E-state index contributed by atoms with van der Waals surface area (Å²) in [5.74, 6) is 0. The van der Waals surface area contributed by atoms with Gasteiger partial charge in [-0.3, -0.25) is 0 Å². The van der Waals surface area contributed by atoms with Gasteiger partial charge in [-0.15, -0.1) is 22.7 Å².